The van der Waals surface area contributed by atoms with Gasteiger partial charge in [-0.15, -0.1) is 0 Å². The summed E-state index contributed by atoms with van der Waals surface area (Å²) in [5, 5.41) is 27.7. The highest BCUT2D eigenvalue weighted by Gasteiger charge is 2.37. The Balaban J connectivity index is 1.94. The van der Waals surface area contributed by atoms with E-state index in [0.717, 1.165) is 16.8 Å². The first-order valence-electron chi connectivity index (χ1n) is 7.19. The van der Waals surface area contributed by atoms with Gasteiger partial charge in [0, 0.05) is 18.0 Å². The Kier molecular flexibility index (Phi) is 3.13. The largest absolute Gasteiger partial charge is 0.314 e. The number of rotatable bonds is 3. The molecule has 0 saturated carbocycles. The van der Waals surface area contributed by atoms with Crippen LogP contribution in [0.3, 0.4) is 0 Å². The van der Waals surface area contributed by atoms with E-state index in [4.69, 9.17) is 4.63 Å². The number of aromatic amines is 1. The molecular weight excluding hydrogens is 294 g/mol. The zero-order valence-corrected chi connectivity index (χ0v) is 12.3. The number of hydrogen-bond donors (Lipinski definition) is 2. The second-order valence-corrected chi connectivity index (χ2v) is 5.37. The number of nitriles is 1. The Morgan fingerprint density at radius 2 is 2.26 bits per heavy atom. The molecule has 2 N–H and O–H groups in total. The van der Waals surface area contributed by atoms with Crippen LogP contribution in [0.1, 0.15) is 17.0 Å². The predicted molar refractivity (Wildman–Crippen MR) is 82.4 cm³/mol. The Morgan fingerprint density at radius 1 is 1.35 bits per heavy atom. The molecule has 2 aromatic heterocycles. The molecule has 0 aliphatic carbocycles. The highest BCUT2D eigenvalue weighted by Crippen LogP contribution is 2.42. The Morgan fingerprint density at radius 3 is 3.09 bits per heavy atom. The monoisotopic (exact) mass is 307 g/mol. The second-order valence-electron chi connectivity index (χ2n) is 5.37. The standard InChI is InChI=1S/C15H13N7O/c1-17-7-12-9(5-16)13(10-6-18-20-15(10)19-12)8-3-2-4-11-14(8)22-23-21-11/h2-4,6,9,13,17H,7H2,1H3,(H,18,20). The van der Waals surface area contributed by atoms with E-state index in [1.165, 1.54) is 0 Å². The molecule has 0 bridgehead atoms. The lowest BCUT2D eigenvalue weighted by Crippen LogP contribution is -2.32. The van der Waals surface area contributed by atoms with Crippen LogP contribution in [0.15, 0.2) is 34.0 Å². The molecule has 0 saturated heterocycles. The lowest BCUT2D eigenvalue weighted by molar-refractivity contribution is 0.315. The number of nitrogens with one attached hydrogen (secondary N) is 2. The van der Waals surface area contributed by atoms with Crippen molar-refractivity contribution in [3.05, 3.63) is 35.5 Å². The summed E-state index contributed by atoms with van der Waals surface area (Å²) < 4.78 is 4.86. The van der Waals surface area contributed by atoms with Crippen molar-refractivity contribution < 1.29 is 4.63 Å². The van der Waals surface area contributed by atoms with E-state index in [2.05, 4.69) is 36.9 Å². The van der Waals surface area contributed by atoms with Crippen LogP contribution in [-0.2, 0) is 0 Å². The molecule has 8 nitrogen and oxygen atoms in total. The third-order valence-corrected chi connectivity index (χ3v) is 4.08. The minimum atomic E-state index is -0.408. The van der Waals surface area contributed by atoms with Gasteiger partial charge in [-0.05, 0) is 29.0 Å². The van der Waals surface area contributed by atoms with E-state index >= 15 is 0 Å². The summed E-state index contributed by atoms with van der Waals surface area (Å²) in [5.74, 6) is 0.0558. The van der Waals surface area contributed by atoms with Crippen LogP contribution in [0, 0.1) is 17.2 Å². The first-order valence-corrected chi connectivity index (χ1v) is 7.19. The van der Waals surface area contributed by atoms with E-state index in [1.54, 1.807) is 6.20 Å². The van der Waals surface area contributed by atoms with Gasteiger partial charge in [0.2, 0.25) is 0 Å². The summed E-state index contributed by atoms with van der Waals surface area (Å²) in [6.07, 6.45) is 1.72. The van der Waals surface area contributed by atoms with Crippen molar-refractivity contribution in [1.29, 1.82) is 5.26 Å². The first kappa shape index (κ1) is 13.6. The van der Waals surface area contributed by atoms with Crippen LogP contribution in [0.2, 0.25) is 0 Å². The molecule has 2 unspecified atom stereocenters. The molecule has 1 aromatic carbocycles. The van der Waals surface area contributed by atoms with E-state index in [0.29, 0.717) is 23.4 Å². The molecule has 1 aliphatic heterocycles. The van der Waals surface area contributed by atoms with E-state index in [9.17, 15) is 5.26 Å². The third-order valence-electron chi connectivity index (χ3n) is 4.08. The predicted octanol–water partition coefficient (Wildman–Crippen LogP) is 1.52. The van der Waals surface area contributed by atoms with Gasteiger partial charge >= 0.3 is 0 Å². The molecule has 23 heavy (non-hydrogen) atoms. The lowest BCUT2D eigenvalue weighted by Gasteiger charge is -2.27. The summed E-state index contributed by atoms with van der Waals surface area (Å²) in [6, 6.07) is 8.05. The van der Waals surface area contributed by atoms with Crippen LogP contribution in [-0.4, -0.2) is 39.8 Å². The Bertz CT molecular complexity index is 933. The molecule has 1 aliphatic rings. The Hall–Kier alpha value is -3.05. The van der Waals surface area contributed by atoms with Gasteiger partial charge in [-0.25, -0.2) is 9.62 Å². The fourth-order valence-electron chi connectivity index (χ4n) is 3.10. The third kappa shape index (κ3) is 2.02. The quantitative estimate of drug-likeness (QED) is 0.758. The minimum Gasteiger partial charge on any atom is -0.314 e. The van der Waals surface area contributed by atoms with Crippen molar-refractivity contribution in [2.24, 2.45) is 10.9 Å². The number of aromatic nitrogens is 4. The van der Waals surface area contributed by atoms with Crippen molar-refractivity contribution in [1.82, 2.24) is 25.8 Å². The van der Waals surface area contributed by atoms with Crippen molar-refractivity contribution in [2.75, 3.05) is 13.6 Å². The fraction of sp³-hybridized carbons (Fsp3) is 0.267. The normalized spacial score (nSPS) is 20.1. The summed E-state index contributed by atoms with van der Waals surface area (Å²) >= 11 is 0. The number of aliphatic imine (C=N–C) groups is 1. The summed E-state index contributed by atoms with van der Waals surface area (Å²) in [5.41, 5.74) is 3.87. The summed E-state index contributed by atoms with van der Waals surface area (Å²) in [7, 11) is 1.83. The topological polar surface area (TPSA) is 116 Å². The number of nitrogens with zero attached hydrogens (tertiary/aromatic N) is 5. The van der Waals surface area contributed by atoms with Crippen molar-refractivity contribution in [3.63, 3.8) is 0 Å². The van der Waals surface area contributed by atoms with E-state index < -0.39 is 5.92 Å². The molecule has 3 aromatic rings. The second kappa shape index (κ2) is 5.30. The van der Waals surface area contributed by atoms with E-state index in [1.807, 2.05) is 25.2 Å². The molecule has 3 heterocycles. The maximum absolute atomic E-state index is 9.76. The highest BCUT2D eigenvalue weighted by atomic mass is 16.6. The van der Waals surface area contributed by atoms with Crippen LogP contribution in [0.25, 0.3) is 11.0 Å². The van der Waals surface area contributed by atoms with Crippen LogP contribution in [0.4, 0.5) is 5.82 Å². The molecule has 0 spiro atoms. The van der Waals surface area contributed by atoms with Crippen molar-refractivity contribution in [3.8, 4) is 6.07 Å². The van der Waals surface area contributed by atoms with Crippen LogP contribution >= 0.6 is 0 Å². The van der Waals surface area contributed by atoms with Gasteiger partial charge in [0.05, 0.1) is 23.9 Å². The van der Waals surface area contributed by atoms with Gasteiger partial charge < -0.3 is 5.32 Å². The maximum Gasteiger partial charge on any atom is 0.151 e. The average Bonchev–Trinajstić information content (AvgIpc) is 3.22. The van der Waals surface area contributed by atoms with Gasteiger partial charge in [-0.1, -0.05) is 12.1 Å². The molecule has 114 valence electrons. The number of H-pyrrole nitrogens is 1. The first-order chi connectivity index (χ1) is 11.3. The number of benzene rings is 1. The smallest absolute Gasteiger partial charge is 0.151 e. The van der Waals surface area contributed by atoms with Crippen LogP contribution in [0.5, 0.6) is 0 Å². The molecule has 0 amide bonds. The van der Waals surface area contributed by atoms with Gasteiger partial charge in [-0.3, -0.25) is 5.10 Å². The zero-order chi connectivity index (χ0) is 15.8. The fourth-order valence-corrected chi connectivity index (χ4v) is 3.10. The van der Waals surface area contributed by atoms with Gasteiger partial charge in [0.25, 0.3) is 0 Å². The molecule has 0 radical (unpaired) electrons. The average molecular weight is 307 g/mol. The number of hydrogen-bond acceptors (Lipinski definition) is 7. The molecule has 0 fully saturated rings. The van der Waals surface area contributed by atoms with Crippen molar-refractivity contribution in [2.45, 2.75) is 5.92 Å². The summed E-state index contributed by atoms with van der Waals surface area (Å²) in [4.78, 5) is 4.54. The van der Waals surface area contributed by atoms with E-state index in [-0.39, 0.29) is 5.92 Å². The molecule has 2 atom stereocenters. The summed E-state index contributed by atoms with van der Waals surface area (Å²) in [6.45, 7) is 0.528. The molecule has 4 rings (SSSR count). The van der Waals surface area contributed by atoms with Crippen LogP contribution < -0.4 is 5.32 Å². The maximum atomic E-state index is 9.76. The SMILES string of the molecule is CNCC1=Nc2[nH]ncc2C(c2cccc3nonc23)C1C#N. The van der Waals surface area contributed by atoms with Gasteiger partial charge in [0.15, 0.2) is 5.82 Å². The minimum absolute atomic E-state index is 0.217. The number of fused-ring (bicyclic) bond motifs is 2. The zero-order valence-electron chi connectivity index (χ0n) is 12.3. The highest BCUT2D eigenvalue weighted by molar-refractivity contribution is 5.96. The molecule has 8 heteroatoms. The Labute approximate surface area is 131 Å². The van der Waals surface area contributed by atoms with Crippen molar-refractivity contribution >= 4 is 22.6 Å². The van der Waals surface area contributed by atoms with Gasteiger partial charge in [-0.2, -0.15) is 10.4 Å². The lowest BCUT2D eigenvalue weighted by atomic mass is 9.77. The van der Waals surface area contributed by atoms with Gasteiger partial charge in [0.1, 0.15) is 11.0 Å². The molecular formula is C15H13N7O.